The number of fused-ring (bicyclic) bond motifs is 1. The Morgan fingerprint density at radius 3 is 2.78 bits per heavy atom. The van der Waals surface area contributed by atoms with E-state index in [4.69, 9.17) is 10.5 Å². The maximum absolute atomic E-state index is 5.94. The van der Waals surface area contributed by atoms with Crippen LogP contribution in [-0.2, 0) is 0 Å². The topological polar surface area (TPSA) is 64.3 Å². The second-order valence-corrected chi connectivity index (χ2v) is 4.73. The molecule has 1 saturated heterocycles. The molecule has 0 saturated carbocycles. The molecule has 0 radical (unpaired) electrons. The maximum Gasteiger partial charge on any atom is 0.241 e. The lowest BCUT2D eigenvalue weighted by molar-refractivity contribution is 0.201. The molecule has 18 heavy (non-hydrogen) atoms. The van der Waals surface area contributed by atoms with E-state index >= 15 is 0 Å². The second kappa shape index (κ2) is 4.42. The van der Waals surface area contributed by atoms with Gasteiger partial charge in [0.15, 0.2) is 5.82 Å². The van der Waals surface area contributed by atoms with Crippen molar-refractivity contribution >= 4 is 16.6 Å². The number of nitrogens with zero attached hydrogens (tertiary/aromatic N) is 3. The lowest BCUT2D eigenvalue weighted by Gasteiger charge is -2.14. The van der Waals surface area contributed by atoms with Crippen molar-refractivity contribution in [2.24, 2.45) is 0 Å². The monoisotopic (exact) mass is 244 g/mol. The number of nitrogen functional groups attached to an aromatic ring is 1. The Hall–Kier alpha value is -1.88. The van der Waals surface area contributed by atoms with Gasteiger partial charge in [-0.25, -0.2) is 0 Å². The van der Waals surface area contributed by atoms with E-state index < -0.39 is 0 Å². The zero-order valence-electron chi connectivity index (χ0n) is 10.3. The van der Waals surface area contributed by atoms with Crippen molar-refractivity contribution < 1.29 is 4.74 Å². The minimum Gasteiger partial charge on any atom is -0.471 e. The Labute approximate surface area is 106 Å². The number of hydrogen-bond acceptors (Lipinski definition) is 5. The number of hydrogen-bond donors (Lipinski definition) is 1. The molecule has 0 aliphatic carbocycles. The van der Waals surface area contributed by atoms with Gasteiger partial charge in [0.25, 0.3) is 0 Å². The van der Waals surface area contributed by atoms with Gasteiger partial charge in [-0.05, 0) is 19.5 Å². The fraction of sp³-hybridized carbons (Fsp3) is 0.385. The summed E-state index contributed by atoms with van der Waals surface area (Å²) in [4.78, 5) is 2.25. The van der Waals surface area contributed by atoms with E-state index in [9.17, 15) is 0 Å². The number of nitrogens with two attached hydrogens (primary N) is 1. The van der Waals surface area contributed by atoms with E-state index in [-0.39, 0.29) is 6.10 Å². The van der Waals surface area contributed by atoms with Crippen LogP contribution in [0.15, 0.2) is 24.3 Å². The van der Waals surface area contributed by atoms with Crippen molar-refractivity contribution in [2.75, 3.05) is 25.9 Å². The van der Waals surface area contributed by atoms with E-state index in [1.54, 1.807) is 0 Å². The van der Waals surface area contributed by atoms with Gasteiger partial charge in [-0.2, -0.15) is 0 Å². The highest BCUT2D eigenvalue weighted by Crippen LogP contribution is 2.27. The average Bonchev–Trinajstić information content (AvgIpc) is 2.79. The highest BCUT2D eigenvalue weighted by Gasteiger charge is 2.22. The van der Waals surface area contributed by atoms with E-state index in [0.717, 1.165) is 30.3 Å². The van der Waals surface area contributed by atoms with Gasteiger partial charge in [0.2, 0.25) is 5.88 Å². The van der Waals surface area contributed by atoms with E-state index in [2.05, 4.69) is 22.1 Å². The van der Waals surface area contributed by atoms with Crippen molar-refractivity contribution in [1.82, 2.24) is 15.1 Å². The van der Waals surface area contributed by atoms with Crippen LogP contribution in [0.5, 0.6) is 5.88 Å². The molecule has 5 nitrogen and oxygen atoms in total. The zero-order valence-corrected chi connectivity index (χ0v) is 10.3. The van der Waals surface area contributed by atoms with Gasteiger partial charge in [0.1, 0.15) is 6.10 Å². The number of aromatic nitrogens is 2. The Kier molecular flexibility index (Phi) is 2.76. The molecule has 1 unspecified atom stereocenters. The average molecular weight is 244 g/mol. The summed E-state index contributed by atoms with van der Waals surface area (Å²) in [5.41, 5.74) is 5.82. The molecule has 0 spiro atoms. The summed E-state index contributed by atoms with van der Waals surface area (Å²) < 4.78 is 5.94. The third kappa shape index (κ3) is 1.97. The molecule has 1 fully saturated rings. The van der Waals surface area contributed by atoms with Gasteiger partial charge in [0.05, 0.1) is 0 Å². The molecule has 3 rings (SSSR count). The fourth-order valence-electron chi connectivity index (χ4n) is 2.34. The molecule has 1 aromatic heterocycles. The molecular weight excluding hydrogens is 228 g/mol. The Morgan fingerprint density at radius 1 is 1.28 bits per heavy atom. The van der Waals surface area contributed by atoms with Gasteiger partial charge >= 0.3 is 0 Å². The molecule has 1 atom stereocenters. The summed E-state index contributed by atoms with van der Waals surface area (Å²) in [6.07, 6.45) is 1.22. The van der Waals surface area contributed by atoms with Gasteiger partial charge in [0, 0.05) is 23.9 Å². The first-order chi connectivity index (χ1) is 8.74. The Morgan fingerprint density at radius 2 is 2.06 bits per heavy atom. The van der Waals surface area contributed by atoms with Crippen LogP contribution in [-0.4, -0.2) is 41.3 Å². The van der Waals surface area contributed by atoms with Crippen molar-refractivity contribution in [3.8, 4) is 5.88 Å². The van der Waals surface area contributed by atoms with Crippen LogP contribution in [0.4, 0.5) is 5.82 Å². The minimum absolute atomic E-state index is 0.191. The smallest absolute Gasteiger partial charge is 0.241 e. The number of likely N-dealkylation sites (N-methyl/N-ethyl adjacent to an activating group) is 1. The van der Waals surface area contributed by atoms with Crippen LogP contribution in [0.25, 0.3) is 10.8 Å². The molecule has 0 amide bonds. The van der Waals surface area contributed by atoms with E-state index in [1.807, 2.05) is 24.3 Å². The first kappa shape index (κ1) is 11.2. The number of rotatable bonds is 2. The van der Waals surface area contributed by atoms with Crippen LogP contribution in [0.1, 0.15) is 6.42 Å². The Balaban J connectivity index is 1.95. The van der Waals surface area contributed by atoms with Gasteiger partial charge < -0.3 is 15.4 Å². The quantitative estimate of drug-likeness (QED) is 0.862. The number of anilines is 1. The van der Waals surface area contributed by atoms with Crippen molar-refractivity contribution in [2.45, 2.75) is 12.5 Å². The number of benzene rings is 1. The zero-order chi connectivity index (χ0) is 12.5. The van der Waals surface area contributed by atoms with Crippen molar-refractivity contribution in [3.63, 3.8) is 0 Å². The lowest BCUT2D eigenvalue weighted by atomic mass is 10.2. The molecule has 0 bridgehead atoms. The van der Waals surface area contributed by atoms with Crippen LogP contribution >= 0.6 is 0 Å². The summed E-state index contributed by atoms with van der Waals surface area (Å²) in [5, 5.41) is 9.86. The normalized spacial score (nSPS) is 20.4. The lowest BCUT2D eigenvalue weighted by Crippen LogP contribution is -2.22. The molecular formula is C13H16N4O. The van der Waals surface area contributed by atoms with Gasteiger partial charge in [-0.1, -0.05) is 18.2 Å². The molecule has 1 aliphatic heterocycles. The number of likely N-dealkylation sites (tertiary alicyclic amines) is 1. The molecule has 2 aromatic rings. The molecule has 1 aromatic carbocycles. The second-order valence-electron chi connectivity index (χ2n) is 4.73. The van der Waals surface area contributed by atoms with Crippen LogP contribution in [0.3, 0.4) is 0 Å². The third-order valence-corrected chi connectivity index (χ3v) is 3.31. The SMILES string of the molecule is CN1CCC(Oc2nnc(N)c3ccccc23)C1. The number of ether oxygens (including phenoxy) is 1. The van der Waals surface area contributed by atoms with Crippen molar-refractivity contribution in [1.29, 1.82) is 0 Å². The predicted molar refractivity (Wildman–Crippen MR) is 70.5 cm³/mol. The first-order valence-electron chi connectivity index (χ1n) is 6.10. The minimum atomic E-state index is 0.191. The van der Waals surface area contributed by atoms with Crippen molar-refractivity contribution in [3.05, 3.63) is 24.3 Å². The summed E-state index contributed by atoms with van der Waals surface area (Å²) >= 11 is 0. The summed E-state index contributed by atoms with van der Waals surface area (Å²) in [7, 11) is 2.09. The standard InChI is InChI=1S/C13H16N4O/c1-17-7-6-9(8-17)18-13-11-5-3-2-4-10(11)12(14)15-16-13/h2-5,9H,6-8H2,1H3,(H2,14,15). The van der Waals surface area contributed by atoms with Gasteiger partial charge in [-0.15, -0.1) is 10.2 Å². The summed E-state index contributed by atoms with van der Waals surface area (Å²) in [5.74, 6) is 1.03. The molecule has 94 valence electrons. The predicted octanol–water partition coefficient (Wildman–Crippen LogP) is 1.29. The molecule has 5 heteroatoms. The summed E-state index contributed by atoms with van der Waals surface area (Å²) in [6, 6.07) is 7.80. The summed E-state index contributed by atoms with van der Waals surface area (Å²) in [6.45, 7) is 1.99. The maximum atomic E-state index is 5.94. The van der Waals surface area contributed by atoms with Gasteiger partial charge in [-0.3, -0.25) is 0 Å². The molecule has 1 aliphatic rings. The van der Waals surface area contributed by atoms with E-state index in [0.29, 0.717) is 11.7 Å². The highest BCUT2D eigenvalue weighted by molar-refractivity contribution is 5.93. The fourth-order valence-corrected chi connectivity index (χ4v) is 2.34. The molecule has 2 heterocycles. The van der Waals surface area contributed by atoms with Crippen LogP contribution < -0.4 is 10.5 Å². The van der Waals surface area contributed by atoms with Crippen LogP contribution in [0.2, 0.25) is 0 Å². The highest BCUT2D eigenvalue weighted by atomic mass is 16.5. The largest absolute Gasteiger partial charge is 0.471 e. The van der Waals surface area contributed by atoms with Crippen LogP contribution in [0, 0.1) is 0 Å². The molecule has 2 N–H and O–H groups in total. The van der Waals surface area contributed by atoms with E-state index in [1.165, 1.54) is 0 Å². The Bertz CT molecular complexity index is 572. The third-order valence-electron chi connectivity index (χ3n) is 3.31. The first-order valence-corrected chi connectivity index (χ1v) is 6.10.